The maximum atomic E-state index is 13.0. The normalized spacial score (nSPS) is 12.1. The largest absolute Gasteiger partial charge is 0.488 e. The van der Waals surface area contributed by atoms with Crippen LogP contribution in [0.25, 0.3) is 11.3 Å². The maximum absolute atomic E-state index is 13.0. The lowest BCUT2D eigenvalue weighted by molar-refractivity contribution is 0.216. The zero-order chi connectivity index (χ0) is 16.8. The molecule has 1 atom stereocenters. The van der Waals surface area contributed by atoms with Crippen LogP contribution in [0.1, 0.15) is 12.5 Å². The summed E-state index contributed by atoms with van der Waals surface area (Å²) in [5.74, 6) is 0.501. The number of nitrogens with one attached hydrogen (secondary N) is 2. The van der Waals surface area contributed by atoms with Gasteiger partial charge in [-0.2, -0.15) is 5.10 Å². The van der Waals surface area contributed by atoms with E-state index in [4.69, 9.17) is 4.74 Å². The Morgan fingerprint density at radius 2 is 2.04 bits per heavy atom. The summed E-state index contributed by atoms with van der Waals surface area (Å²) in [4.78, 5) is 4.03. The number of ether oxygens (including phenoxy) is 1. The van der Waals surface area contributed by atoms with Crippen molar-refractivity contribution >= 4 is 0 Å². The molecule has 0 bridgehead atoms. The molecule has 24 heavy (non-hydrogen) atoms. The number of H-pyrrole nitrogens is 1. The van der Waals surface area contributed by atoms with Crippen LogP contribution in [-0.2, 0) is 6.54 Å². The molecule has 1 aromatic carbocycles. The van der Waals surface area contributed by atoms with E-state index in [0.717, 1.165) is 22.6 Å². The Morgan fingerprint density at radius 1 is 1.21 bits per heavy atom. The minimum atomic E-state index is -0.251. The quantitative estimate of drug-likeness (QED) is 0.700. The van der Waals surface area contributed by atoms with Gasteiger partial charge in [0.05, 0.1) is 18.1 Å². The van der Waals surface area contributed by atoms with E-state index in [0.29, 0.717) is 13.1 Å². The predicted octanol–water partition coefficient (Wildman–Crippen LogP) is 3.17. The lowest BCUT2D eigenvalue weighted by atomic mass is 10.1. The van der Waals surface area contributed by atoms with Crippen molar-refractivity contribution in [2.24, 2.45) is 0 Å². The molecule has 5 nitrogen and oxygen atoms in total. The van der Waals surface area contributed by atoms with Crippen molar-refractivity contribution in [1.29, 1.82) is 0 Å². The zero-order valence-corrected chi connectivity index (χ0v) is 13.4. The zero-order valence-electron chi connectivity index (χ0n) is 13.4. The molecular weight excluding hydrogens is 307 g/mol. The van der Waals surface area contributed by atoms with Crippen LogP contribution in [0.15, 0.2) is 55.0 Å². The number of benzene rings is 1. The summed E-state index contributed by atoms with van der Waals surface area (Å²) in [7, 11) is 0. The van der Waals surface area contributed by atoms with Gasteiger partial charge in [0.25, 0.3) is 0 Å². The summed E-state index contributed by atoms with van der Waals surface area (Å²) in [6.45, 7) is 3.32. The van der Waals surface area contributed by atoms with Crippen LogP contribution in [0.4, 0.5) is 4.39 Å². The van der Waals surface area contributed by atoms with Gasteiger partial charge in [-0.05, 0) is 43.3 Å². The Labute approximate surface area is 139 Å². The number of pyridine rings is 1. The van der Waals surface area contributed by atoms with Crippen molar-refractivity contribution in [2.45, 2.75) is 19.6 Å². The molecule has 3 rings (SSSR count). The first kappa shape index (κ1) is 16.1. The second-order valence-corrected chi connectivity index (χ2v) is 5.53. The van der Waals surface area contributed by atoms with Crippen LogP contribution in [-0.4, -0.2) is 27.8 Å². The molecule has 0 aliphatic carbocycles. The maximum Gasteiger partial charge on any atom is 0.138 e. The summed E-state index contributed by atoms with van der Waals surface area (Å²) in [6.07, 6.45) is 5.19. The minimum absolute atomic E-state index is 0.00960. The van der Waals surface area contributed by atoms with Crippen molar-refractivity contribution in [2.75, 3.05) is 6.54 Å². The third-order valence-corrected chi connectivity index (χ3v) is 3.57. The SMILES string of the molecule is CC(CNCc1cn[nH]c1-c1ccc(F)cc1)Oc1cccnc1. The highest BCUT2D eigenvalue weighted by Crippen LogP contribution is 2.21. The van der Waals surface area contributed by atoms with Crippen LogP contribution in [0, 0.1) is 5.82 Å². The first-order valence-electron chi connectivity index (χ1n) is 7.78. The minimum Gasteiger partial charge on any atom is -0.488 e. The molecule has 0 fully saturated rings. The molecule has 0 radical (unpaired) electrons. The van der Waals surface area contributed by atoms with Crippen LogP contribution in [0.5, 0.6) is 5.75 Å². The van der Waals surface area contributed by atoms with Crippen molar-refractivity contribution in [1.82, 2.24) is 20.5 Å². The Balaban J connectivity index is 1.54. The van der Waals surface area contributed by atoms with Crippen molar-refractivity contribution in [3.8, 4) is 17.0 Å². The van der Waals surface area contributed by atoms with Gasteiger partial charge in [0.15, 0.2) is 0 Å². The van der Waals surface area contributed by atoms with Gasteiger partial charge in [-0.25, -0.2) is 4.39 Å². The Bertz CT molecular complexity index is 758. The molecule has 0 saturated carbocycles. The van der Waals surface area contributed by atoms with Crippen LogP contribution in [0.2, 0.25) is 0 Å². The van der Waals surface area contributed by atoms with Gasteiger partial charge in [0.2, 0.25) is 0 Å². The van der Waals surface area contributed by atoms with E-state index >= 15 is 0 Å². The van der Waals surface area contributed by atoms with Crippen molar-refractivity contribution in [3.05, 3.63) is 66.4 Å². The molecule has 0 aliphatic rings. The van der Waals surface area contributed by atoms with Crippen LogP contribution < -0.4 is 10.1 Å². The molecule has 124 valence electrons. The smallest absolute Gasteiger partial charge is 0.138 e. The fraction of sp³-hybridized carbons (Fsp3) is 0.222. The van der Waals surface area contributed by atoms with Gasteiger partial charge < -0.3 is 10.1 Å². The summed E-state index contributed by atoms with van der Waals surface area (Å²) in [5.41, 5.74) is 2.82. The van der Waals surface area contributed by atoms with E-state index in [1.807, 2.05) is 19.1 Å². The van der Waals surface area contributed by atoms with Gasteiger partial charge in [-0.3, -0.25) is 10.1 Å². The van der Waals surface area contributed by atoms with E-state index in [9.17, 15) is 4.39 Å². The number of rotatable bonds is 7. The molecule has 6 heteroatoms. The standard InChI is InChI=1S/C18H19FN4O/c1-13(24-17-3-2-8-20-12-17)9-21-10-15-11-22-23-18(15)14-4-6-16(19)7-5-14/h2-8,11-13,21H,9-10H2,1H3,(H,22,23). The fourth-order valence-corrected chi connectivity index (χ4v) is 2.41. The first-order chi connectivity index (χ1) is 11.7. The number of aromatic nitrogens is 3. The highest BCUT2D eigenvalue weighted by Gasteiger charge is 2.09. The number of nitrogens with zero attached hydrogens (tertiary/aromatic N) is 2. The van der Waals surface area contributed by atoms with E-state index in [-0.39, 0.29) is 11.9 Å². The van der Waals surface area contributed by atoms with E-state index < -0.39 is 0 Å². The lowest BCUT2D eigenvalue weighted by Crippen LogP contribution is -2.28. The Hall–Kier alpha value is -2.73. The van der Waals surface area contributed by atoms with Crippen molar-refractivity contribution in [3.63, 3.8) is 0 Å². The molecule has 0 spiro atoms. The summed E-state index contributed by atoms with van der Waals surface area (Å²) in [5, 5.41) is 10.4. The van der Waals surface area contributed by atoms with Crippen LogP contribution >= 0.6 is 0 Å². The van der Waals surface area contributed by atoms with Gasteiger partial charge in [-0.1, -0.05) is 0 Å². The number of aromatic amines is 1. The summed E-state index contributed by atoms with van der Waals surface area (Å²) in [6, 6.07) is 10.1. The molecule has 2 aromatic heterocycles. The molecule has 0 aliphatic heterocycles. The highest BCUT2D eigenvalue weighted by molar-refractivity contribution is 5.62. The Morgan fingerprint density at radius 3 is 2.79 bits per heavy atom. The van der Waals surface area contributed by atoms with Crippen molar-refractivity contribution < 1.29 is 9.13 Å². The second kappa shape index (κ2) is 7.70. The first-order valence-corrected chi connectivity index (χ1v) is 7.78. The average molecular weight is 326 g/mol. The van der Waals surface area contributed by atoms with Gasteiger partial charge in [-0.15, -0.1) is 0 Å². The number of halogens is 1. The molecular formula is C18H19FN4O. The third kappa shape index (κ3) is 4.17. The summed E-state index contributed by atoms with van der Waals surface area (Å²) < 4.78 is 18.8. The lowest BCUT2D eigenvalue weighted by Gasteiger charge is -2.15. The average Bonchev–Trinajstić information content (AvgIpc) is 3.05. The summed E-state index contributed by atoms with van der Waals surface area (Å²) >= 11 is 0. The fourth-order valence-electron chi connectivity index (χ4n) is 2.41. The van der Waals surface area contributed by atoms with E-state index in [1.165, 1.54) is 12.1 Å². The molecule has 3 aromatic rings. The van der Waals surface area contributed by atoms with E-state index in [2.05, 4.69) is 20.5 Å². The molecule has 1 unspecified atom stereocenters. The molecule has 2 N–H and O–H groups in total. The monoisotopic (exact) mass is 326 g/mol. The highest BCUT2D eigenvalue weighted by atomic mass is 19.1. The molecule has 0 amide bonds. The molecule has 2 heterocycles. The van der Waals surface area contributed by atoms with Gasteiger partial charge in [0, 0.05) is 30.4 Å². The Kier molecular flexibility index (Phi) is 5.18. The molecule has 0 saturated heterocycles. The van der Waals surface area contributed by atoms with Gasteiger partial charge in [0.1, 0.15) is 17.7 Å². The third-order valence-electron chi connectivity index (χ3n) is 3.57. The van der Waals surface area contributed by atoms with Gasteiger partial charge >= 0.3 is 0 Å². The van der Waals surface area contributed by atoms with E-state index in [1.54, 1.807) is 30.7 Å². The number of hydrogen-bond donors (Lipinski definition) is 2. The topological polar surface area (TPSA) is 62.8 Å². The second-order valence-electron chi connectivity index (χ2n) is 5.53. The number of hydrogen-bond acceptors (Lipinski definition) is 4. The van der Waals surface area contributed by atoms with Crippen LogP contribution in [0.3, 0.4) is 0 Å². The predicted molar refractivity (Wildman–Crippen MR) is 90.0 cm³/mol.